The van der Waals surface area contributed by atoms with Crippen molar-refractivity contribution in [2.24, 2.45) is 0 Å². The minimum atomic E-state index is -0.957. The monoisotopic (exact) mass is 237 g/mol. The van der Waals surface area contributed by atoms with E-state index in [9.17, 15) is 9.90 Å². The molecule has 0 radical (unpaired) electrons. The van der Waals surface area contributed by atoms with E-state index in [-0.39, 0.29) is 5.56 Å². The molecule has 0 aliphatic rings. The number of aliphatic hydroxyl groups excluding tert-OH is 1. The summed E-state index contributed by atoms with van der Waals surface area (Å²) in [5, 5.41) is 21.6. The second-order valence-corrected chi connectivity index (χ2v) is 4.18. The molecule has 0 aliphatic heterocycles. The predicted molar refractivity (Wildman–Crippen MR) is 67.5 cm³/mol. The quantitative estimate of drug-likeness (QED) is 0.710. The highest BCUT2D eigenvalue weighted by Gasteiger charge is 2.11. The summed E-state index contributed by atoms with van der Waals surface area (Å²) >= 11 is 0. The average Bonchev–Trinajstić information content (AvgIpc) is 2.27. The molecule has 0 saturated heterocycles. The second kappa shape index (κ2) is 6.25. The van der Waals surface area contributed by atoms with E-state index in [1.54, 1.807) is 12.1 Å². The van der Waals surface area contributed by atoms with Crippen molar-refractivity contribution in [1.29, 1.82) is 0 Å². The lowest BCUT2D eigenvalue weighted by molar-refractivity contribution is 0.0697. The van der Waals surface area contributed by atoms with Gasteiger partial charge in [0.1, 0.15) is 0 Å². The molecule has 0 bridgehead atoms. The normalized spacial score (nSPS) is 12.2. The highest BCUT2D eigenvalue weighted by molar-refractivity contribution is 5.94. The fourth-order valence-corrected chi connectivity index (χ4v) is 1.65. The molecule has 1 aromatic rings. The van der Waals surface area contributed by atoms with E-state index in [1.807, 2.05) is 19.9 Å². The Balaban J connectivity index is 2.73. The Morgan fingerprint density at radius 2 is 2.18 bits per heavy atom. The smallest absolute Gasteiger partial charge is 0.337 e. The summed E-state index contributed by atoms with van der Waals surface area (Å²) in [5.41, 5.74) is 1.70. The van der Waals surface area contributed by atoms with E-state index >= 15 is 0 Å². The van der Waals surface area contributed by atoms with E-state index in [2.05, 4.69) is 5.32 Å². The van der Waals surface area contributed by atoms with Crippen LogP contribution >= 0.6 is 0 Å². The topological polar surface area (TPSA) is 69.6 Å². The standard InChI is InChI=1S/C13H19NO3/c1-3-4-10(15)8-14-12-6-5-9(2)7-11(12)13(16)17/h5-7,10,14-15H,3-4,8H2,1-2H3,(H,16,17). The van der Waals surface area contributed by atoms with Crippen molar-refractivity contribution in [3.8, 4) is 0 Å². The van der Waals surface area contributed by atoms with E-state index in [0.29, 0.717) is 18.7 Å². The SMILES string of the molecule is CCCC(O)CNc1ccc(C)cc1C(=O)O. The summed E-state index contributed by atoms with van der Waals surface area (Å²) in [6.07, 6.45) is 1.17. The van der Waals surface area contributed by atoms with Gasteiger partial charge < -0.3 is 15.5 Å². The number of carbonyl (C=O) groups is 1. The van der Waals surface area contributed by atoms with Crippen LogP contribution in [-0.2, 0) is 0 Å². The molecule has 94 valence electrons. The first-order chi connectivity index (χ1) is 8.04. The Kier molecular flexibility index (Phi) is 4.97. The highest BCUT2D eigenvalue weighted by atomic mass is 16.4. The van der Waals surface area contributed by atoms with Gasteiger partial charge in [-0.05, 0) is 25.5 Å². The van der Waals surface area contributed by atoms with Gasteiger partial charge in [0.2, 0.25) is 0 Å². The third kappa shape index (κ3) is 4.07. The molecule has 4 heteroatoms. The molecule has 0 heterocycles. The first-order valence-electron chi connectivity index (χ1n) is 5.80. The minimum absolute atomic E-state index is 0.244. The number of nitrogens with one attached hydrogen (secondary N) is 1. The Labute approximate surface area is 101 Å². The molecule has 1 aromatic carbocycles. The van der Waals surface area contributed by atoms with Gasteiger partial charge in [0, 0.05) is 12.2 Å². The minimum Gasteiger partial charge on any atom is -0.478 e. The number of carboxylic acids is 1. The molecule has 0 amide bonds. The number of carboxylic acid groups (broad SMARTS) is 1. The lowest BCUT2D eigenvalue weighted by Gasteiger charge is -2.14. The lowest BCUT2D eigenvalue weighted by Crippen LogP contribution is -2.20. The van der Waals surface area contributed by atoms with Crippen LogP contribution in [0.25, 0.3) is 0 Å². The van der Waals surface area contributed by atoms with Crippen molar-refractivity contribution in [1.82, 2.24) is 0 Å². The first-order valence-corrected chi connectivity index (χ1v) is 5.80. The summed E-state index contributed by atoms with van der Waals surface area (Å²) in [5.74, 6) is -0.957. The summed E-state index contributed by atoms with van der Waals surface area (Å²) in [4.78, 5) is 11.0. The molecule has 4 nitrogen and oxygen atoms in total. The van der Waals surface area contributed by atoms with Crippen LogP contribution in [0, 0.1) is 6.92 Å². The number of aliphatic hydroxyl groups is 1. The van der Waals surface area contributed by atoms with E-state index < -0.39 is 12.1 Å². The van der Waals surface area contributed by atoms with Gasteiger partial charge in [0.15, 0.2) is 0 Å². The average molecular weight is 237 g/mol. The molecule has 0 spiro atoms. The van der Waals surface area contributed by atoms with Gasteiger partial charge >= 0.3 is 5.97 Å². The van der Waals surface area contributed by atoms with Crippen LogP contribution < -0.4 is 5.32 Å². The van der Waals surface area contributed by atoms with Gasteiger partial charge in [-0.1, -0.05) is 25.0 Å². The Morgan fingerprint density at radius 1 is 1.47 bits per heavy atom. The fraction of sp³-hybridized carbons (Fsp3) is 0.462. The van der Waals surface area contributed by atoms with Gasteiger partial charge in [-0.2, -0.15) is 0 Å². The number of aryl methyl sites for hydroxylation is 1. The molecule has 0 aliphatic carbocycles. The Hall–Kier alpha value is -1.55. The highest BCUT2D eigenvalue weighted by Crippen LogP contribution is 2.17. The number of hydrogen-bond donors (Lipinski definition) is 3. The maximum absolute atomic E-state index is 11.0. The first kappa shape index (κ1) is 13.5. The van der Waals surface area contributed by atoms with Crippen LogP contribution in [-0.4, -0.2) is 28.8 Å². The van der Waals surface area contributed by atoms with Crippen LogP contribution in [0.3, 0.4) is 0 Å². The molecule has 17 heavy (non-hydrogen) atoms. The van der Waals surface area contributed by atoms with Gasteiger partial charge in [-0.25, -0.2) is 4.79 Å². The molecule has 3 N–H and O–H groups in total. The zero-order chi connectivity index (χ0) is 12.8. The van der Waals surface area contributed by atoms with Gasteiger partial charge in [-0.15, -0.1) is 0 Å². The van der Waals surface area contributed by atoms with Gasteiger partial charge in [0.25, 0.3) is 0 Å². The van der Waals surface area contributed by atoms with Crippen LogP contribution in [0.4, 0.5) is 5.69 Å². The summed E-state index contributed by atoms with van der Waals surface area (Å²) in [7, 11) is 0. The van der Waals surface area contributed by atoms with Crippen LogP contribution in [0.5, 0.6) is 0 Å². The molecular formula is C13H19NO3. The molecule has 1 atom stereocenters. The Morgan fingerprint density at radius 3 is 2.76 bits per heavy atom. The number of anilines is 1. The van der Waals surface area contributed by atoms with Gasteiger partial charge in [0.05, 0.1) is 11.7 Å². The van der Waals surface area contributed by atoms with Gasteiger partial charge in [-0.3, -0.25) is 0 Å². The van der Waals surface area contributed by atoms with E-state index in [4.69, 9.17) is 5.11 Å². The molecule has 0 aromatic heterocycles. The summed E-state index contributed by atoms with van der Waals surface area (Å²) in [6.45, 7) is 4.22. The van der Waals surface area contributed by atoms with Crippen molar-refractivity contribution in [2.45, 2.75) is 32.8 Å². The molecule has 0 saturated carbocycles. The molecular weight excluding hydrogens is 218 g/mol. The van der Waals surface area contributed by atoms with Crippen molar-refractivity contribution in [3.05, 3.63) is 29.3 Å². The van der Waals surface area contributed by atoms with Crippen molar-refractivity contribution in [2.75, 3.05) is 11.9 Å². The molecule has 1 rings (SSSR count). The number of aromatic carboxylic acids is 1. The largest absolute Gasteiger partial charge is 0.478 e. The maximum atomic E-state index is 11.0. The Bertz CT molecular complexity index is 390. The van der Waals surface area contributed by atoms with Crippen molar-refractivity contribution in [3.63, 3.8) is 0 Å². The number of hydrogen-bond acceptors (Lipinski definition) is 3. The summed E-state index contributed by atoms with van der Waals surface area (Å²) in [6, 6.07) is 5.20. The predicted octanol–water partition coefficient (Wildman–Crippen LogP) is 2.27. The third-order valence-electron chi connectivity index (χ3n) is 2.56. The van der Waals surface area contributed by atoms with Crippen molar-refractivity contribution < 1.29 is 15.0 Å². The fourth-order valence-electron chi connectivity index (χ4n) is 1.65. The lowest BCUT2D eigenvalue weighted by atomic mass is 10.1. The number of benzene rings is 1. The second-order valence-electron chi connectivity index (χ2n) is 4.18. The summed E-state index contributed by atoms with van der Waals surface area (Å²) < 4.78 is 0. The zero-order valence-corrected chi connectivity index (χ0v) is 10.2. The maximum Gasteiger partial charge on any atom is 0.337 e. The van der Waals surface area contributed by atoms with Crippen LogP contribution in [0.1, 0.15) is 35.7 Å². The van der Waals surface area contributed by atoms with E-state index in [1.165, 1.54) is 0 Å². The van der Waals surface area contributed by atoms with Crippen molar-refractivity contribution >= 4 is 11.7 Å². The van der Waals surface area contributed by atoms with Crippen LogP contribution in [0.2, 0.25) is 0 Å². The molecule has 1 unspecified atom stereocenters. The molecule has 0 fully saturated rings. The van der Waals surface area contributed by atoms with Crippen LogP contribution in [0.15, 0.2) is 18.2 Å². The van der Waals surface area contributed by atoms with E-state index in [0.717, 1.165) is 12.0 Å². The number of rotatable bonds is 6. The third-order valence-corrected chi connectivity index (χ3v) is 2.56. The zero-order valence-electron chi connectivity index (χ0n) is 10.2.